The first-order valence-corrected chi connectivity index (χ1v) is 5.08. The predicted molar refractivity (Wildman–Crippen MR) is 62.7 cm³/mol. The highest BCUT2D eigenvalue weighted by Gasteiger charge is 2.03. The normalized spacial score (nSPS) is 12.8. The van der Waals surface area contributed by atoms with Gasteiger partial charge in [0.25, 0.3) is 0 Å². The quantitative estimate of drug-likeness (QED) is 0.751. The molecule has 15 heavy (non-hydrogen) atoms. The lowest BCUT2D eigenvalue weighted by Gasteiger charge is -2.16. The van der Waals surface area contributed by atoms with Crippen LogP contribution in [0.3, 0.4) is 0 Å². The van der Waals surface area contributed by atoms with E-state index in [9.17, 15) is 0 Å². The Morgan fingerprint density at radius 3 is 2.67 bits per heavy atom. The smallest absolute Gasteiger partial charge is 0.149 e. The Morgan fingerprint density at radius 2 is 2.13 bits per heavy atom. The second-order valence-corrected chi connectivity index (χ2v) is 3.98. The number of hydrogen-bond acceptors (Lipinski definition) is 5. The van der Waals surface area contributed by atoms with Crippen molar-refractivity contribution in [1.29, 1.82) is 0 Å². The molecular weight excluding hydrogens is 190 g/mol. The molecule has 0 saturated heterocycles. The van der Waals surface area contributed by atoms with Crippen LogP contribution in [0.25, 0.3) is 0 Å². The van der Waals surface area contributed by atoms with Gasteiger partial charge in [0.05, 0.1) is 0 Å². The van der Waals surface area contributed by atoms with Crippen molar-refractivity contribution in [2.24, 2.45) is 0 Å². The van der Waals surface area contributed by atoms with Crippen LogP contribution in [0.1, 0.15) is 13.3 Å². The Hall–Kier alpha value is -1.36. The monoisotopic (exact) mass is 209 g/mol. The molecule has 0 saturated carbocycles. The van der Waals surface area contributed by atoms with Crippen molar-refractivity contribution >= 4 is 11.6 Å². The van der Waals surface area contributed by atoms with Gasteiger partial charge in [-0.25, -0.2) is 0 Å². The Balaban J connectivity index is 2.37. The molecule has 1 aromatic heterocycles. The molecule has 84 valence electrons. The maximum atomic E-state index is 5.45. The Morgan fingerprint density at radius 1 is 1.40 bits per heavy atom. The van der Waals surface area contributed by atoms with Gasteiger partial charge in [-0.15, -0.1) is 10.2 Å². The minimum atomic E-state index is 0.380. The zero-order valence-electron chi connectivity index (χ0n) is 9.57. The van der Waals surface area contributed by atoms with Gasteiger partial charge in [0, 0.05) is 6.04 Å². The zero-order chi connectivity index (χ0) is 11.3. The number of nitrogens with zero attached hydrogens (tertiary/aromatic N) is 3. The third kappa shape index (κ3) is 4.60. The predicted octanol–water partition coefficient (Wildman–Crippen LogP) is 0.811. The lowest BCUT2D eigenvalue weighted by molar-refractivity contribution is 0.390. The summed E-state index contributed by atoms with van der Waals surface area (Å²) >= 11 is 0. The van der Waals surface area contributed by atoms with Gasteiger partial charge in [-0.05, 0) is 46.1 Å². The SMILES string of the molecule is CC(CCN(C)C)Nc1ccc(N)nn1. The van der Waals surface area contributed by atoms with Crippen molar-refractivity contribution in [2.45, 2.75) is 19.4 Å². The van der Waals surface area contributed by atoms with E-state index in [4.69, 9.17) is 5.73 Å². The van der Waals surface area contributed by atoms with E-state index in [1.807, 2.05) is 6.07 Å². The molecule has 1 aromatic rings. The minimum Gasteiger partial charge on any atom is -0.382 e. The van der Waals surface area contributed by atoms with Crippen LogP contribution >= 0.6 is 0 Å². The number of nitrogen functional groups attached to an aromatic ring is 1. The second kappa shape index (κ2) is 5.50. The highest BCUT2D eigenvalue weighted by molar-refractivity contribution is 5.38. The molecule has 0 amide bonds. The zero-order valence-corrected chi connectivity index (χ0v) is 9.57. The van der Waals surface area contributed by atoms with Crippen molar-refractivity contribution < 1.29 is 0 Å². The van der Waals surface area contributed by atoms with Gasteiger partial charge < -0.3 is 16.0 Å². The van der Waals surface area contributed by atoms with Crippen molar-refractivity contribution in [3.8, 4) is 0 Å². The van der Waals surface area contributed by atoms with Crippen LogP contribution in [0.15, 0.2) is 12.1 Å². The molecule has 1 unspecified atom stereocenters. The summed E-state index contributed by atoms with van der Waals surface area (Å²) in [6.07, 6.45) is 1.07. The standard InChI is InChI=1S/C10H19N5/c1-8(6-7-15(2)3)12-10-5-4-9(11)13-14-10/h4-5,8H,6-7H2,1-3H3,(H2,11,13)(H,12,14). The summed E-state index contributed by atoms with van der Waals surface area (Å²) < 4.78 is 0. The number of nitrogens with one attached hydrogen (secondary N) is 1. The molecule has 3 N–H and O–H groups in total. The summed E-state index contributed by atoms with van der Waals surface area (Å²) in [6, 6.07) is 3.97. The summed E-state index contributed by atoms with van der Waals surface area (Å²) in [4.78, 5) is 2.16. The minimum absolute atomic E-state index is 0.380. The van der Waals surface area contributed by atoms with Crippen LogP contribution in [0.2, 0.25) is 0 Å². The first-order valence-electron chi connectivity index (χ1n) is 5.08. The fraction of sp³-hybridized carbons (Fsp3) is 0.600. The van der Waals surface area contributed by atoms with Gasteiger partial charge in [0.2, 0.25) is 0 Å². The van der Waals surface area contributed by atoms with Crippen LogP contribution < -0.4 is 11.1 Å². The molecule has 1 atom stereocenters. The maximum absolute atomic E-state index is 5.45. The molecule has 1 heterocycles. The molecule has 0 spiro atoms. The fourth-order valence-electron chi connectivity index (χ4n) is 1.20. The summed E-state index contributed by atoms with van der Waals surface area (Å²) in [5, 5.41) is 11.0. The third-order valence-electron chi connectivity index (χ3n) is 2.09. The van der Waals surface area contributed by atoms with E-state index in [1.54, 1.807) is 6.07 Å². The van der Waals surface area contributed by atoms with E-state index in [0.29, 0.717) is 11.9 Å². The molecule has 0 aliphatic carbocycles. The maximum Gasteiger partial charge on any atom is 0.149 e. The van der Waals surface area contributed by atoms with E-state index in [0.717, 1.165) is 18.8 Å². The molecule has 0 aromatic carbocycles. The summed E-state index contributed by atoms with van der Waals surface area (Å²) in [5.74, 6) is 1.22. The van der Waals surface area contributed by atoms with Crippen molar-refractivity contribution in [2.75, 3.05) is 31.7 Å². The topological polar surface area (TPSA) is 67.1 Å². The van der Waals surface area contributed by atoms with Crippen LogP contribution in [-0.4, -0.2) is 41.8 Å². The van der Waals surface area contributed by atoms with Gasteiger partial charge >= 0.3 is 0 Å². The highest BCUT2D eigenvalue weighted by Crippen LogP contribution is 2.06. The third-order valence-corrected chi connectivity index (χ3v) is 2.09. The van der Waals surface area contributed by atoms with Crippen LogP contribution in [0.4, 0.5) is 11.6 Å². The second-order valence-electron chi connectivity index (χ2n) is 3.98. The first kappa shape index (κ1) is 11.7. The van der Waals surface area contributed by atoms with E-state index >= 15 is 0 Å². The van der Waals surface area contributed by atoms with Gasteiger partial charge in [0.1, 0.15) is 11.6 Å². The Labute approximate surface area is 90.7 Å². The molecule has 0 bridgehead atoms. The number of hydrogen-bond donors (Lipinski definition) is 2. The van der Waals surface area contributed by atoms with Gasteiger partial charge in [0.15, 0.2) is 0 Å². The molecule has 5 nitrogen and oxygen atoms in total. The van der Waals surface area contributed by atoms with Crippen molar-refractivity contribution in [3.05, 3.63) is 12.1 Å². The Bertz CT molecular complexity index is 282. The summed E-state index contributed by atoms with van der Waals surface area (Å²) in [7, 11) is 4.13. The van der Waals surface area contributed by atoms with E-state index in [1.165, 1.54) is 0 Å². The lowest BCUT2D eigenvalue weighted by atomic mass is 10.2. The molecule has 5 heteroatoms. The van der Waals surface area contributed by atoms with Crippen LogP contribution in [0.5, 0.6) is 0 Å². The average molecular weight is 209 g/mol. The average Bonchev–Trinajstić information content (AvgIpc) is 2.19. The first-order chi connectivity index (χ1) is 7.08. The summed E-state index contributed by atoms with van der Waals surface area (Å²) in [6.45, 7) is 3.18. The van der Waals surface area contributed by atoms with Crippen molar-refractivity contribution in [1.82, 2.24) is 15.1 Å². The van der Waals surface area contributed by atoms with Crippen LogP contribution in [0, 0.1) is 0 Å². The van der Waals surface area contributed by atoms with Gasteiger partial charge in [-0.3, -0.25) is 0 Å². The molecule has 0 aliphatic heterocycles. The van der Waals surface area contributed by atoms with Gasteiger partial charge in [-0.1, -0.05) is 0 Å². The van der Waals surface area contributed by atoms with Gasteiger partial charge in [-0.2, -0.15) is 0 Å². The van der Waals surface area contributed by atoms with E-state index in [-0.39, 0.29) is 0 Å². The van der Waals surface area contributed by atoms with E-state index in [2.05, 4.69) is 41.4 Å². The number of anilines is 2. The molecule has 0 aliphatic rings. The highest BCUT2D eigenvalue weighted by atomic mass is 15.2. The molecule has 1 rings (SSSR count). The Kier molecular flexibility index (Phi) is 4.30. The van der Waals surface area contributed by atoms with Crippen LogP contribution in [-0.2, 0) is 0 Å². The number of nitrogens with two attached hydrogens (primary N) is 1. The molecule has 0 radical (unpaired) electrons. The summed E-state index contributed by atoms with van der Waals surface area (Å²) in [5.41, 5.74) is 5.45. The number of aromatic nitrogens is 2. The van der Waals surface area contributed by atoms with Crippen molar-refractivity contribution in [3.63, 3.8) is 0 Å². The molecular formula is C10H19N5. The molecule has 0 fully saturated rings. The lowest BCUT2D eigenvalue weighted by Crippen LogP contribution is -2.23. The largest absolute Gasteiger partial charge is 0.382 e. The van der Waals surface area contributed by atoms with E-state index < -0.39 is 0 Å². The number of rotatable bonds is 5. The fourth-order valence-corrected chi connectivity index (χ4v) is 1.20.